The van der Waals surface area contributed by atoms with Gasteiger partial charge in [0.2, 0.25) is 5.91 Å². The van der Waals surface area contributed by atoms with Crippen molar-refractivity contribution in [3.63, 3.8) is 0 Å². The van der Waals surface area contributed by atoms with Crippen LogP contribution in [0.25, 0.3) is 0 Å². The fourth-order valence-corrected chi connectivity index (χ4v) is 2.46. The number of rotatable bonds is 5. The van der Waals surface area contributed by atoms with Gasteiger partial charge in [0.25, 0.3) is 0 Å². The Kier molecular flexibility index (Phi) is 5.79. The summed E-state index contributed by atoms with van der Waals surface area (Å²) >= 11 is 0. The Morgan fingerprint density at radius 2 is 1.55 bits per heavy atom. The molecule has 1 rings (SSSR count). The minimum atomic E-state index is -4.46. The highest BCUT2D eigenvalue weighted by molar-refractivity contribution is 5.80. The van der Waals surface area contributed by atoms with Crippen molar-refractivity contribution in [3.8, 4) is 0 Å². The zero-order chi connectivity index (χ0) is 15.4. The van der Waals surface area contributed by atoms with Gasteiger partial charge >= 0.3 is 6.18 Å². The predicted molar refractivity (Wildman–Crippen MR) is 63.6 cm³/mol. The van der Waals surface area contributed by atoms with E-state index in [4.69, 9.17) is 15.3 Å². The van der Waals surface area contributed by atoms with Gasteiger partial charge in [0.1, 0.15) is 5.54 Å². The first kappa shape index (κ1) is 17.2. The summed E-state index contributed by atoms with van der Waals surface area (Å²) in [6.45, 7) is -2.26. The minimum absolute atomic E-state index is 0.105. The van der Waals surface area contributed by atoms with Gasteiger partial charge in [-0.15, -0.1) is 0 Å². The largest absolute Gasteiger partial charge is 0.394 e. The van der Waals surface area contributed by atoms with Crippen molar-refractivity contribution in [3.05, 3.63) is 0 Å². The van der Waals surface area contributed by atoms with Crippen LogP contribution >= 0.6 is 0 Å². The summed E-state index contributed by atoms with van der Waals surface area (Å²) in [6.07, 6.45) is -3.52. The average Bonchev–Trinajstić information content (AvgIpc) is 2.44. The van der Waals surface area contributed by atoms with Crippen molar-refractivity contribution in [1.29, 1.82) is 0 Å². The Labute approximate surface area is 114 Å². The van der Waals surface area contributed by atoms with E-state index in [2.05, 4.69) is 5.32 Å². The highest BCUT2D eigenvalue weighted by atomic mass is 19.4. The van der Waals surface area contributed by atoms with E-state index in [-0.39, 0.29) is 12.8 Å². The molecule has 20 heavy (non-hydrogen) atoms. The van der Waals surface area contributed by atoms with Gasteiger partial charge < -0.3 is 20.6 Å². The lowest BCUT2D eigenvalue weighted by Gasteiger charge is -2.36. The molecule has 0 saturated heterocycles. The summed E-state index contributed by atoms with van der Waals surface area (Å²) in [7, 11) is 0. The van der Waals surface area contributed by atoms with Gasteiger partial charge in [0.15, 0.2) is 0 Å². The first-order valence-electron chi connectivity index (χ1n) is 6.51. The van der Waals surface area contributed by atoms with Crippen LogP contribution in [0.1, 0.15) is 25.7 Å². The van der Waals surface area contributed by atoms with E-state index in [0.29, 0.717) is 12.8 Å². The first-order valence-corrected chi connectivity index (χ1v) is 6.51. The molecule has 0 aromatic heterocycles. The fourth-order valence-electron chi connectivity index (χ4n) is 2.46. The zero-order valence-corrected chi connectivity index (χ0v) is 11.0. The molecule has 2 atom stereocenters. The van der Waals surface area contributed by atoms with Crippen LogP contribution in [-0.2, 0) is 4.79 Å². The van der Waals surface area contributed by atoms with Gasteiger partial charge in [-0.2, -0.15) is 13.2 Å². The van der Waals surface area contributed by atoms with Crippen LogP contribution in [0.15, 0.2) is 0 Å². The second kappa shape index (κ2) is 6.73. The van der Waals surface area contributed by atoms with Crippen molar-refractivity contribution in [2.75, 3.05) is 19.8 Å². The van der Waals surface area contributed by atoms with Crippen molar-refractivity contribution < 1.29 is 33.3 Å². The van der Waals surface area contributed by atoms with Crippen LogP contribution in [0.4, 0.5) is 13.2 Å². The molecule has 1 amide bonds. The lowest BCUT2D eigenvalue weighted by Crippen LogP contribution is -2.59. The Hall–Kier alpha value is -0.860. The Balaban J connectivity index is 2.83. The van der Waals surface area contributed by atoms with Crippen LogP contribution in [-0.4, -0.2) is 52.8 Å². The molecular formula is C12H20F3NO4. The Bertz CT molecular complexity index is 323. The van der Waals surface area contributed by atoms with Gasteiger partial charge in [-0.05, 0) is 12.8 Å². The number of aliphatic hydroxyl groups is 3. The molecule has 5 nitrogen and oxygen atoms in total. The molecule has 4 N–H and O–H groups in total. The predicted octanol–water partition coefficient (Wildman–Crippen LogP) is 0.187. The van der Waals surface area contributed by atoms with E-state index < -0.39 is 49.3 Å². The van der Waals surface area contributed by atoms with Crippen molar-refractivity contribution in [2.24, 2.45) is 11.8 Å². The number of carbonyl (C=O) groups excluding carboxylic acids is 1. The molecule has 0 aromatic carbocycles. The molecule has 0 bridgehead atoms. The summed E-state index contributed by atoms with van der Waals surface area (Å²) in [5.41, 5.74) is -1.69. The van der Waals surface area contributed by atoms with Crippen LogP contribution in [0.2, 0.25) is 0 Å². The number of aliphatic hydroxyl groups excluding tert-OH is 3. The van der Waals surface area contributed by atoms with Gasteiger partial charge in [-0.3, -0.25) is 4.79 Å². The van der Waals surface area contributed by atoms with Gasteiger partial charge in [0, 0.05) is 5.92 Å². The third-order valence-electron chi connectivity index (χ3n) is 3.82. The number of hydrogen-bond acceptors (Lipinski definition) is 4. The quantitative estimate of drug-likeness (QED) is 0.583. The maximum Gasteiger partial charge on any atom is 0.392 e. The standard InChI is InChI=1S/C12H20F3NO4/c13-12(14,15)9-4-2-1-3-8(9)10(20)16-11(5-17,6-18)7-19/h8-9,17-19H,1-7H2,(H,16,20). The summed E-state index contributed by atoms with van der Waals surface area (Å²) in [6, 6.07) is 0. The molecule has 1 aliphatic carbocycles. The van der Waals surface area contributed by atoms with E-state index in [1.165, 1.54) is 0 Å². The van der Waals surface area contributed by atoms with Crippen LogP contribution < -0.4 is 5.32 Å². The number of nitrogens with one attached hydrogen (secondary N) is 1. The Morgan fingerprint density at radius 3 is 2.00 bits per heavy atom. The fraction of sp³-hybridized carbons (Fsp3) is 0.917. The number of hydrogen-bond donors (Lipinski definition) is 4. The minimum Gasteiger partial charge on any atom is -0.394 e. The molecule has 118 valence electrons. The molecule has 1 saturated carbocycles. The summed E-state index contributed by atoms with van der Waals surface area (Å²) in [5, 5.41) is 29.4. The van der Waals surface area contributed by atoms with Crippen LogP contribution in [0, 0.1) is 11.8 Å². The molecular weight excluding hydrogens is 279 g/mol. The van der Waals surface area contributed by atoms with Crippen LogP contribution in [0.3, 0.4) is 0 Å². The molecule has 0 spiro atoms. The van der Waals surface area contributed by atoms with Crippen molar-refractivity contribution in [2.45, 2.75) is 37.4 Å². The van der Waals surface area contributed by atoms with E-state index in [1.807, 2.05) is 0 Å². The smallest absolute Gasteiger partial charge is 0.392 e. The first-order chi connectivity index (χ1) is 9.29. The van der Waals surface area contributed by atoms with Crippen molar-refractivity contribution >= 4 is 5.91 Å². The van der Waals surface area contributed by atoms with Crippen molar-refractivity contribution in [1.82, 2.24) is 5.32 Å². The molecule has 2 unspecified atom stereocenters. The van der Waals surface area contributed by atoms with Gasteiger partial charge in [0.05, 0.1) is 25.7 Å². The van der Waals surface area contributed by atoms with E-state index in [9.17, 15) is 18.0 Å². The zero-order valence-electron chi connectivity index (χ0n) is 11.0. The Morgan fingerprint density at radius 1 is 1.05 bits per heavy atom. The average molecular weight is 299 g/mol. The number of amides is 1. The molecule has 1 fully saturated rings. The summed E-state index contributed by atoms with van der Waals surface area (Å²) in [4.78, 5) is 12.0. The lowest BCUT2D eigenvalue weighted by molar-refractivity contribution is -0.199. The maximum absolute atomic E-state index is 12.9. The molecule has 8 heteroatoms. The van der Waals surface area contributed by atoms with Gasteiger partial charge in [-0.25, -0.2) is 0 Å². The number of alkyl halides is 3. The summed E-state index contributed by atoms with van der Waals surface area (Å²) in [5.74, 6) is -3.85. The van der Waals surface area contributed by atoms with E-state index >= 15 is 0 Å². The monoisotopic (exact) mass is 299 g/mol. The molecule has 0 aliphatic heterocycles. The third kappa shape index (κ3) is 3.83. The summed E-state index contributed by atoms with van der Waals surface area (Å²) < 4.78 is 38.7. The lowest BCUT2D eigenvalue weighted by atomic mass is 9.78. The highest BCUT2D eigenvalue weighted by Crippen LogP contribution is 2.41. The van der Waals surface area contributed by atoms with E-state index in [1.54, 1.807) is 0 Å². The van der Waals surface area contributed by atoms with Gasteiger partial charge in [-0.1, -0.05) is 12.8 Å². The second-order valence-electron chi connectivity index (χ2n) is 5.28. The number of carbonyl (C=O) groups is 1. The highest BCUT2D eigenvalue weighted by Gasteiger charge is 2.49. The molecule has 1 aliphatic rings. The normalized spacial score (nSPS) is 24.5. The molecule has 0 aromatic rings. The second-order valence-corrected chi connectivity index (χ2v) is 5.28. The topological polar surface area (TPSA) is 89.8 Å². The molecule has 0 heterocycles. The SMILES string of the molecule is O=C(NC(CO)(CO)CO)C1CCCCC1C(F)(F)F. The third-order valence-corrected chi connectivity index (χ3v) is 3.82. The molecule has 0 radical (unpaired) electrons. The van der Waals surface area contributed by atoms with E-state index in [0.717, 1.165) is 0 Å². The maximum atomic E-state index is 12.9. The number of halogens is 3. The van der Waals surface area contributed by atoms with Crippen LogP contribution in [0.5, 0.6) is 0 Å².